The van der Waals surface area contributed by atoms with Crippen molar-refractivity contribution in [3.8, 4) is 17.3 Å². The van der Waals surface area contributed by atoms with Crippen molar-refractivity contribution >= 4 is 11.7 Å². The number of nitrogens with one attached hydrogen (secondary N) is 1. The van der Waals surface area contributed by atoms with Crippen molar-refractivity contribution in [2.45, 2.75) is 37.8 Å². The number of hydrogen-bond donors (Lipinski definition) is 1. The summed E-state index contributed by atoms with van der Waals surface area (Å²) in [5.41, 5.74) is -1.16. The fourth-order valence-electron chi connectivity index (χ4n) is 4.55. The van der Waals surface area contributed by atoms with Crippen LogP contribution in [-0.2, 0) is 6.18 Å². The number of aromatic nitrogens is 4. The van der Waals surface area contributed by atoms with Crippen molar-refractivity contribution in [2.75, 3.05) is 18.4 Å². The van der Waals surface area contributed by atoms with Gasteiger partial charge in [-0.2, -0.15) is 13.2 Å². The minimum Gasteiger partial charge on any atom is -0.388 e. The first-order valence-corrected chi connectivity index (χ1v) is 11.5. The van der Waals surface area contributed by atoms with E-state index in [2.05, 4.69) is 30.0 Å². The number of ether oxygens (including phenoxy) is 1. The summed E-state index contributed by atoms with van der Waals surface area (Å²) in [5.74, 6) is -1.13. The van der Waals surface area contributed by atoms with E-state index in [1.54, 1.807) is 6.07 Å². The highest BCUT2D eigenvalue weighted by Gasteiger charge is 2.53. The molecule has 1 saturated heterocycles. The van der Waals surface area contributed by atoms with Crippen LogP contribution in [0.3, 0.4) is 0 Å². The lowest BCUT2D eigenvalue weighted by Crippen LogP contribution is -2.40. The molecular formula is C24H20F6N6O2. The summed E-state index contributed by atoms with van der Waals surface area (Å²) in [6.45, 7) is 0.529. The monoisotopic (exact) mass is 538 g/mol. The third kappa shape index (κ3) is 5.63. The number of nitrogens with zero attached hydrogens (tertiary/aromatic N) is 5. The molecule has 1 amide bonds. The summed E-state index contributed by atoms with van der Waals surface area (Å²) in [6, 6.07) is 5.47. The molecule has 2 fully saturated rings. The number of rotatable bonds is 6. The van der Waals surface area contributed by atoms with Crippen molar-refractivity contribution in [1.82, 2.24) is 24.8 Å². The minimum absolute atomic E-state index is 0.103. The van der Waals surface area contributed by atoms with Gasteiger partial charge in [0, 0.05) is 43.8 Å². The maximum atomic E-state index is 13.8. The Morgan fingerprint density at radius 2 is 1.79 bits per heavy atom. The molecule has 1 aliphatic carbocycles. The summed E-state index contributed by atoms with van der Waals surface area (Å²) in [6.07, 6.45) is -3.59. The zero-order valence-corrected chi connectivity index (χ0v) is 19.6. The summed E-state index contributed by atoms with van der Waals surface area (Å²) in [5, 5.41) is 2.96. The Bertz CT molecular complexity index is 1310. The lowest BCUT2D eigenvalue weighted by atomic mass is 10.0. The van der Waals surface area contributed by atoms with Gasteiger partial charge in [0.2, 0.25) is 5.88 Å². The van der Waals surface area contributed by atoms with Gasteiger partial charge < -0.3 is 15.0 Å². The Balaban J connectivity index is 1.41. The van der Waals surface area contributed by atoms with Crippen LogP contribution in [0.2, 0.25) is 0 Å². The molecule has 2 aliphatic rings. The maximum absolute atomic E-state index is 13.8. The van der Waals surface area contributed by atoms with Gasteiger partial charge >= 0.3 is 12.5 Å². The summed E-state index contributed by atoms with van der Waals surface area (Å²) in [4.78, 5) is 31.2. The Morgan fingerprint density at radius 1 is 1.05 bits per heavy atom. The fraction of sp³-hybridized carbons (Fsp3) is 0.375. The standard InChI is InChI=1S/C24H20F6N6O2/c25-23(26,27)14-2-4-17(33-11-14)34-12-15-10-22(6-7-22)13-36(15)21(37)19-16(20-31-8-1-9-32-20)3-5-18(35-19)38-24(28,29)30/h1-5,8-9,11,15H,6-7,10,12-13H2,(H,33,34)/t15-/m0/s1. The van der Waals surface area contributed by atoms with E-state index in [1.165, 1.54) is 29.4 Å². The number of carbonyl (C=O) groups excluding carboxylic acids is 1. The van der Waals surface area contributed by atoms with Crippen LogP contribution in [0.4, 0.5) is 32.2 Å². The van der Waals surface area contributed by atoms with Crippen molar-refractivity contribution in [3.05, 3.63) is 60.2 Å². The first-order valence-electron chi connectivity index (χ1n) is 11.5. The van der Waals surface area contributed by atoms with Gasteiger partial charge in [-0.3, -0.25) is 4.79 Å². The van der Waals surface area contributed by atoms with E-state index >= 15 is 0 Å². The van der Waals surface area contributed by atoms with Gasteiger partial charge in [-0.05, 0) is 48.9 Å². The first-order chi connectivity index (χ1) is 17.9. The smallest absolute Gasteiger partial charge is 0.388 e. The van der Waals surface area contributed by atoms with Crippen LogP contribution in [0.25, 0.3) is 11.4 Å². The highest BCUT2D eigenvalue weighted by atomic mass is 19.4. The molecule has 3 aromatic rings. The lowest BCUT2D eigenvalue weighted by Gasteiger charge is -2.26. The Kier molecular flexibility index (Phi) is 6.35. The van der Waals surface area contributed by atoms with E-state index in [0.29, 0.717) is 19.2 Å². The quantitative estimate of drug-likeness (QED) is 0.444. The number of likely N-dealkylation sites (tertiary alicyclic amines) is 1. The number of pyridine rings is 2. The number of alkyl halides is 6. The lowest BCUT2D eigenvalue weighted by molar-refractivity contribution is -0.276. The largest absolute Gasteiger partial charge is 0.574 e. The van der Waals surface area contributed by atoms with Gasteiger partial charge in [0.05, 0.1) is 11.1 Å². The molecule has 38 heavy (non-hydrogen) atoms. The SMILES string of the molecule is O=C(c1nc(OC(F)(F)F)ccc1-c1ncccn1)N1CC2(CC2)C[C@H]1CNc1ccc(C(F)(F)F)cn1. The summed E-state index contributed by atoms with van der Waals surface area (Å²) < 4.78 is 81.0. The van der Waals surface area contributed by atoms with Crippen LogP contribution in [0.5, 0.6) is 5.88 Å². The zero-order valence-electron chi connectivity index (χ0n) is 19.6. The van der Waals surface area contributed by atoms with Gasteiger partial charge in [-0.15, -0.1) is 13.2 Å². The highest BCUT2D eigenvalue weighted by Crippen LogP contribution is 2.55. The van der Waals surface area contributed by atoms with Crippen LogP contribution in [0.15, 0.2) is 48.9 Å². The highest BCUT2D eigenvalue weighted by molar-refractivity contribution is 5.98. The third-order valence-electron chi connectivity index (χ3n) is 6.54. The van der Waals surface area contributed by atoms with E-state index in [4.69, 9.17) is 0 Å². The predicted octanol–water partition coefficient (Wildman–Crippen LogP) is 4.96. The first kappa shape index (κ1) is 25.7. The third-order valence-corrected chi connectivity index (χ3v) is 6.54. The molecule has 3 aromatic heterocycles. The van der Waals surface area contributed by atoms with Crippen LogP contribution in [0, 0.1) is 5.41 Å². The molecule has 0 bridgehead atoms. The molecule has 4 heterocycles. The molecule has 1 aliphatic heterocycles. The Morgan fingerprint density at radius 3 is 2.39 bits per heavy atom. The second-order valence-corrected chi connectivity index (χ2v) is 9.27. The van der Waals surface area contributed by atoms with Crippen LogP contribution < -0.4 is 10.1 Å². The predicted molar refractivity (Wildman–Crippen MR) is 121 cm³/mol. The van der Waals surface area contributed by atoms with Gasteiger partial charge in [0.15, 0.2) is 5.82 Å². The number of halogens is 6. The van der Waals surface area contributed by atoms with Crippen LogP contribution in [0.1, 0.15) is 35.3 Å². The Hall–Kier alpha value is -3.97. The van der Waals surface area contributed by atoms with E-state index < -0.39 is 35.9 Å². The summed E-state index contributed by atoms with van der Waals surface area (Å²) in [7, 11) is 0. The Labute approximate surface area is 212 Å². The van der Waals surface area contributed by atoms with Crippen LogP contribution >= 0.6 is 0 Å². The van der Waals surface area contributed by atoms with E-state index in [9.17, 15) is 31.1 Å². The normalized spacial score (nSPS) is 18.5. The van der Waals surface area contributed by atoms with Crippen molar-refractivity contribution in [1.29, 1.82) is 0 Å². The molecule has 14 heteroatoms. The molecule has 0 radical (unpaired) electrons. The second-order valence-electron chi connectivity index (χ2n) is 9.27. The fourth-order valence-corrected chi connectivity index (χ4v) is 4.55. The molecule has 1 N–H and O–H groups in total. The molecular weight excluding hydrogens is 518 g/mol. The van der Waals surface area contributed by atoms with E-state index in [1.807, 2.05) is 0 Å². The molecule has 1 spiro atoms. The molecule has 8 nitrogen and oxygen atoms in total. The average molecular weight is 538 g/mol. The number of carbonyl (C=O) groups is 1. The maximum Gasteiger partial charge on any atom is 0.574 e. The second kappa shape index (κ2) is 9.40. The molecule has 1 atom stereocenters. The molecule has 0 unspecified atom stereocenters. The topological polar surface area (TPSA) is 93.1 Å². The molecule has 0 aromatic carbocycles. The number of hydrogen-bond acceptors (Lipinski definition) is 7. The van der Waals surface area contributed by atoms with E-state index in [0.717, 1.165) is 25.0 Å². The van der Waals surface area contributed by atoms with Gasteiger partial charge in [-0.25, -0.2) is 19.9 Å². The minimum atomic E-state index is -5.01. The number of anilines is 1. The summed E-state index contributed by atoms with van der Waals surface area (Å²) >= 11 is 0. The molecule has 200 valence electrons. The van der Waals surface area contributed by atoms with Gasteiger partial charge in [-0.1, -0.05) is 0 Å². The van der Waals surface area contributed by atoms with Crippen molar-refractivity contribution in [2.24, 2.45) is 5.41 Å². The van der Waals surface area contributed by atoms with Crippen molar-refractivity contribution in [3.63, 3.8) is 0 Å². The number of amides is 1. The zero-order chi connectivity index (χ0) is 27.1. The molecule has 5 rings (SSSR count). The molecule has 1 saturated carbocycles. The van der Waals surface area contributed by atoms with Gasteiger partial charge in [0.25, 0.3) is 5.91 Å². The average Bonchev–Trinajstić information content (AvgIpc) is 3.52. The van der Waals surface area contributed by atoms with E-state index in [-0.39, 0.29) is 34.9 Å². The van der Waals surface area contributed by atoms with Crippen molar-refractivity contribution < 1.29 is 35.9 Å². The van der Waals surface area contributed by atoms with Gasteiger partial charge in [0.1, 0.15) is 11.5 Å². The van der Waals surface area contributed by atoms with Crippen LogP contribution in [-0.4, -0.2) is 56.2 Å².